The van der Waals surface area contributed by atoms with Gasteiger partial charge in [0.05, 0.1) is 18.8 Å². The van der Waals surface area contributed by atoms with E-state index in [4.69, 9.17) is 16.3 Å². The van der Waals surface area contributed by atoms with Crippen molar-refractivity contribution in [3.05, 3.63) is 69.9 Å². The molecule has 2 aromatic rings. The molecule has 31 heavy (non-hydrogen) atoms. The van der Waals surface area contributed by atoms with E-state index in [0.29, 0.717) is 48.2 Å². The van der Waals surface area contributed by atoms with E-state index in [9.17, 15) is 9.59 Å². The average Bonchev–Trinajstić information content (AvgIpc) is 3.00. The lowest BCUT2D eigenvalue weighted by Gasteiger charge is -2.28. The summed E-state index contributed by atoms with van der Waals surface area (Å²) in [5, 5.41) is 3.84. The number of imide groups is 1. The molecule has 6 nitrogen and oxygen atoms in total. The number of carbonyl (C=O) groups is 2. The zero-order valence-corrected chi connectivity index (χ0v) is 18.5. The van der Waals surface area contributed by atoms with Crippen LogP contribution < -0.4 is 5.32 Å². The van der Waals surface area contributed by atoms with Crippen LogP contribution in [0.15, 0.2) is 48.2 Å². The van der Waals surface area contributed by atoms with Gasteiger partial charge in [-0.05, 0) is 48.7 Å². The summed E-state index contributed by atoms with van der Waals surface area (Å²) in [4.78, 5) is 30.3. The molecule has 162 valence electrons. The third kappa shape index (κ3) is 4.51. The van der Waals surface area contributed by atoms with Gasteiger partial charge in [0.2, 0.25) is 0 Å². The summed E-state index contributed by atoms with van der Waals surface area (Å²) >= 11 is 6.04. The van der Waals surface area contributed by atoms with Crippen LogP contribution in [0.5, 0.6) is 0 Å². The van der Waals surface area contributed by atoms with Gasteiger partial charge in [-0.1, -0.05) is 35.9 Å². The highest BCUT2D eigenvalue weighted by Gasteiger charge is 2.39. The minimum Gasteiger partial charge on any atom is -0.379 e. The molecule has 2 amide bonds. The minimum absolute atomic E-state index is 0.284. The molecule has 1 fully saturated rings. The van der Waals surface area contributed by atoms with Crippen LogP contribution in [0.2, 0.25) is 5.02 Å². The number of nitrogens with zero attached hydrogens (tertiary/aromatic N) is 2. The highest BCUT2D eigenvalue weighted by molar-refractivity contribution is 6.37. The maximum Gasteiger partial charge on any atom is 0.278 e. The summed E-state index contributed by atoms with van der Waals surface area (Å²) < 4.78 is 5.38. The fraction of sp³-hybridized carbons (Fsp3) is 0.333. The Balaban J connectivity index is 1.65. The van der Waals surface area contributed by atoms with Gasteiger partial charge in [0.15, 0.2) is 0 Å². The molecule has 0 aromatic heterocycles. The molecule has 0 unspecified atom stereocenters. The van der Waals surface area contributed by atoms with Gasteiger partial charge in [-0.15, -0.1) is 0 Å². The number of benzene rings is 2. The van der Waals surface area contributed by atoms with Crippen molar-refractivity contribution in [1.82, 2.24) is 9.80 Å². The van der Waals surface area contributed by atoms with Gasteiger partial charge in [0.1, 0.15) is 5.70 Å². The molecule has 1 saturated heterocycles. The van der Waals surface area contributed by atoms with Crippen LogP contribution in [0.4, 0.5) is 5.69 Å². The topological polar surface area (TPSA) is 61.9 Å². The fourth-order valence-electron chi connectivity index (χ4n) is 3.87. The molecule has 2 heterocycles. The van der Waals surface area contributed by atoms with Gasteiger partial charge in [-0.25, -0.2) is 0 Å². The average molecular weight is 440 g/mol. The number of nitrogens with one attached hydrogen (secondary N) is 1. The van der Waals surface area contributed by atoms with Crippen molar-refractivity contribution in [2.24, 2.45) is 0 Å². The van der Waals surface area contributed by atoms with E-state index in [0.717, 1.165) is 29.9 Å². The van der Waals surface area contributed by atoms with Crippen LogP contribution in [0, 0.1) is 13.8 Å². The molecule has 0 radical (unpaired) electrons. The number of hydrogen-bond donors (Lipinski definition) is 1. The van der Waals surface area contributed by atoms with Gasteiger partial charge in [-0.3, -0.25) is 19.4 Å². The molecule has 2 aliphatic rings. The lowest BCUT2D eigenvalue weighted by Crippen LogP contribution is -2.43. The van der Waals surface area contributed by atoms with Crippen molar-refractivity contribution in [2.45, 2.75) is 13.8 Å². The first-order valence-corrected chi connectivity index (χ1v) is 10.8. The maximum absolute atomic E-state index is 13.4. The molecule has 0 saturated carbocycles. The Bertz CT molecular complexity index is 1030. The zero-order valence-electron chi connectivity index (χ0n) is 17.8. The monoisotopic (exact) mass is 439 g/mol. The smallest absolute Gasteiger partial charge is 0.278 e. The van der Waals surface area contributed by atoms with Gasteiger partial charge >= 0.3 is 0 Å². The third-order valence-electron chi connectivity index (χ3n) is 5.91. The molecule has 0 atom stereocenters. The summed E-state index contributed by atoms with van der Waals surface area (Å²) in [5.74, 6) is -0.586. The lowest BCUT2D eigenvalue weighted by molar-refractivity contribution is -0.137. The highest BCUT2D eigenvalue weighted by Crippen LogP contribution is 2.32. The molecule has 4 rings (SSSR count). The molecular weight excluding hydrogens is 414 g/mol. The Morgan fingerprint density at radius 2 is 1.68 bits per heavy atom. The van der Waals surface area contributed by atoms with E-state index in [1.54, 1.807) is 24.3 Å². The molecule has 7 heteroatoms. The van der Waals surface area contributed by atoms with Crippen molar-refractivity contribution >= 4 is 34.7 Å². The Morgan fingerprint density at radius 1 is 0.968 bits per heavy atom. The number of ether oxygens (including phenoxy) is 1. The third-order valence-corrected chi connectivity index (χ3v) is 6.16. The first-order valence-electron chi connectivity index (χ1n) is 10.5. The molecule has 0 aliphatic carbocycles. The second-order valence-corrected chi connectivity index (χ2v) is 8.28. The zero-order chi connectivity index (χ0) is 22.0. The number of anilines is 1. The predicted octanol–water partition coefficient (Wildman–Crippen LogP) is 3.48. The summed E-state index contributed by atoms with van der Waals surface area (Å²) in [6.07, 6.45) is 0. The van der Waals surface area contributed by atoms with Crippen LogP contribution in [0.1, 0.15) is 16.7 Å². The van der Waals surface area contributed by atoms with E-state index in [2.05, 4.69) is 10.2 Å². The van der Waals surface area contributed by atoms with Crippen LogP contribution >= 0.6 is 11.6 Å². The van der Waals surface area contributed by atoms with Gasteiger partial charge in [-0.2, -0.15) is 0 Å². The Labute approximate surface area is 187 Å². The lowest BCUT2D eigenvalue weighted by atomic mass is 10.0. The predicted molar refractivity (Wildman–Crippen MR) is 122 cm³/mol. The highest BCUT2D eigenvalue weighted by atomic mass is 35.5. The van der Waals surface area contributed by atoms with Crippen molar-refractivity contribution in [3.63, 3.8) is 0 Å². The first kappa shape index (κ1) is 21.6. The van der Waals surface area contributed by atoms with Crippen LogP contribution in [-0.4, -0.2) is 61.0 Å². The van der Waals surface area contributed by atoms with E-state index >= 15 is 0 Å². The number of morpholine rings is 1. The van der Waals surface area contributed by atoms with E-state index in [1.807, 2.05) is 32.0 Å². The standard InChI is InChI=1S/C24H26ClN3O3/c1-16-4-3-5-20(17(16)2)26-22-21(18-6-8-19(25)9-7-18)23(29)28(24(22)30)11-10-27-12-14-31-15-13-27/h3-9,26H,10-15H2,1-2H3. The first-order chi connectivity index (χ1) is 15.0. The number of amides is 2. The number of rotatable bonds is 6. The van der Waals surface area contributed by atoms with Crippen LogP contribution in [-0.2, 0) is 14.3 Å². The summed E-state index contributed by atoms with van der Waals surface area (Å²) in [6.45, 7) is 7.95. The second kappa shape index (κ2) is 9.22. The SMILES string of the molecule is Cc1cccc(NC2=C(c3ccc(Cl)cc3)C(=O)N(CCN3CCOCC3)C2=O)c1C. The molecule has 2 aliphatic heterocycles. The number of halogens is 1. The second-order valence-electron chi connectivity index (χ2n) is 7.85. The normalized spacial score (nSPS) is 17.6. The number of aryl methyl sites for hydroxylation is 1. The van der Waals surface area contributed by atoms with Crippen molar-refractivity contribution < 1.29 is 14.3 Å². The largest absolute Gasteiger partial charge is 0.379 e. The molecule has 2 aromatic carbocycles. The van der Waals surface area contributed by atoms with Gasteiger partial charge in [0, 0.05) is 36.9 Å². The van der Waals surface area contributed by atoms with Crippen LogP contribution in [0.3, 0.4) is 0 Å². The molecule has 1 N–H and O–H groups in total. The molecular formula is C24H26ClN3O3. The summed E-state index contributed by atoms with van der Waals surface area (Å²) in [5.41, 5.74) is 4.33. The fourth-order valence-corrected chi connectivity index (χ4v) is 3.99. The Kier molecular flexibility index (Phi) is 6.41. The van der Waals surface area contributed by atoms with Crippen molar-refractivity contribution in [3.8, 4) is 0 Å². The van der Waals surface area contributed by atoms with Crippen molar-refractivity contribution in [2.75, 3.05) is 44.7 Å². The molecule has 0 spiro atoms. The maximum atomic E-state index is 13.4. The van der Waals surface area contributed by atoms with Crippen LogP contribution in [0.25, 0.3) is 5.57 Å². The number of carbonyl (C=O) groups excluding carboxylic acids is 2. The molecule has 0 bridgehead atoms. The quantitative estimate of drug-likeness (QED) is 0.698. The van der Waals surface area contributed by atoms with Gasteiger partial charge < -0.3 is 10.1 Å². The van der Waals surface area contributed by atoms with Crippen molar-refractivity contribution in [1.29, 1.82) is 0 Å². The Hall–Kier alpha value is -2.67. The summed E-state index contributed by atoms with van der Waals surface area (Å²) in [7, 11) is 0. The van der Waals surface area contributed by atoms with E-state index in [1.165, 1.54) is 4.90 Å². The minimum atomic E-state index is -0.302. The van der Waals surface area contributed by atoms with E-state index < -0.39 is 0 Å². The Morgan fingerprint density at radius 3 is 2.39 bits per heavy atom. The van der Waals surface area contributed by atoms with E-state index in [-0.39, 0.29) is 11.8 Å². The van der Waals surface area contributed by atoms with Gasteiger partial charge in [0.25, 0.3) is 11.8 Å². The summed E-state index contributed by atoms with van der Waals surface area (Å²) in [6, 6.07) is 12.9. The number of hydrogen-bond acceptors (Lipinski definition) is 5.